The summed E-state index contributed by atoms with van der Waals surface area (Å²) in [4.78, 5) is 11.7. The van der Waals surface area contributed by atoms with E-state index in [1.807, 2.05) is 31.2 Å². The summed E-state index contributed by atoms with van der Waals surface area (Å²) < 4.78 is 13.0. The third-order valence-corrected chi connectivity index (χ3v) is 2.89. The Morgan fingerprint density at radius 2 is 1.90 bits per heavy atom. The van der Waals surface area contributed by atoms with Gasteiger partial charge in [-0.2, -0.15) is 0 Å². The summed E-state index contributed by atoms with van der Waals surface area (Å²) in [5.41, 5.74) is 2.83. The van der Waals surface area contributed by atoms with E-state index >= 15 is 0 Å². The van der Waals surface area contributed by atoms with Gasteiger partial charge in [-0.05, 0) is 30.7 Å². The van der Waals surface area contributed by atoms with E-state index in [9.17, 15) is 9.18 Å². The molecule has 0 radical (unpaired) electrons. The van der Waals surface area contributed by atoms with Crippen LogP contribution in [0, 0.1) is 12.7 Å². The fourth-order valence-corrected chi connectivity index (χ4v) is 1.75. The molecule has 2 aromatic rings. The second-order valence-corrected chi connectivity index (χ2v) is 4.63. The molecule has 0 aromatic heterocycles. The standard InChI is InChI=1S/C16H17FN2O/c1-12-5-7-13(8-6-12)10-19-16(20)11-18-15-4-2-3-14(17)9-15/h2-9,18H,10-11H2,1H3,(H,19,20). The zero-order chi connectivity index (χ0) is 14.4. The van der Waals surface area contributed by atoms with E-state index in [1.54, 1.807) is 12.1 Å². The van der Waals surface area contributed by atoms with E-state index in [2.05, 4.69) is 10.6 Å². The Morgan fingerprint density at radius 3 is 2.60 bits per heavy atom. The van der Waals surface area contributed by atoms with Crippen LogP contribution < -0.4 is 10.6 Å². The number of nitrogens with one attached hydrogen (secondary N) is 2. The number of carbonyl (C=O) groups excluding carboxylic acids is 1. The van der Waals surface area contributed by atoms with Crippen molar-refractivity contribution in [3.63, 3.8) is 0 Å². The topological polar surface area (TPSA) is 41.1 Å². The molecule has 0 spiro atoms. The van der Waals surface area contributed by atoms with Crippen molar-refractivity contribution in [2.75, 3.05) is 11.9 Å². The van der Waals surface area contributed by atoms with Gasteiger partial charge in [0.2, 0.25) is 5.91 Å². The van der Waals surface area contributed by atoms with Crippen LogP contribution in [0.25, 0.3) is 0 Å². The van der Waals surface area contributed by atoms with E-state index in [1.165, 1.54) is 17.7 Å². The summed E-state index contributed by atoms with van der Waals surface area (Å²) in [5, 5.41) is 5.69. The minimum absolute atomic E-state index is 0.120. The van der Waals surface area contributed by atoms with Crippen molar-refractivity contribution in [2.24, 2.45) is 0 Å². The third-order valence-electron chi connectivity index (χ3n) is 2.89. The lowest BCUT2D eigenvalue weighted by Gasteiger charge is -2.08. The average Bonchev–Trinajstić information content (AvgIpc) is 2.45. The maximum atomic E-state index is 13.0. The van der Waals surface area contributed by atoms with Gasteiger partial charge in [0, 0.05) is 12.2 Å². The second kappa shape index (κ2) is 6.70. The SMILES string of the molecule is Cc1ccc(CNC(=O)CNc2cccc(F)c2)cc1. The lowest BCUT2D eigenvalue weighted by Crippen LogP contribution is -2.29. The van der Waals surface area contributed by atoms with Crippen molar-refractivity contribution in [1.29, 1.82) is 0 Å². The van der Waals surface area contributed by atoms with Crippen molar-refractivity contribution < 1.29 is 9.18 Å². The van der Waals surface area contributed by atoms with E-state index in [-0.39, 0.29) is 18.3 Å². The Labute approximate surface area is 117 Å². The molecule has 2 N–H and O–H groups in total. The summed E-state index contributed by atoms with van der Waals surface area (Å²) >= 11 is 0. The number of hydrogen-bond acceptors (Lipinski definition) is 2. The predicted molar refractivity (Wildman–Crippen MR) is 77.9 cm³/mol. The van der Waals surface area contributed by atoms with Crippen LogP contribution >= 0.6 is 0 Å². The molecule has 0 aliphatic heterocycles. The van der Waals surface area contributed by atoms with Crippen molar-refractivity contribution in [1.82, 2.24) is 5.32 Å². The first-order chi connectivity index (χ1) is 9.63. The van der Waals surface area contributed by atoms with Crippen LogP contribution in [0.4, 0.5) is 10.1 Å². The Hall–Kier alpha value is -2.36. The zero-order valence-electron chi connectivity index (χ0n) is 11.3. The van der Waals surface area contributed by atoms with Crippen molar-refractivity contribution in [3.8, 4) is 0 Å². The second-order valence-electron chi connectivity index (χ2n) is 4.63. The lowest BCUT2D eigenvalue weighted by atomic mass is 10.1. The summed E-state index contributed by atoms with van der Waals surface area (Å²) in [6, 6.07) is 14.0. The minimum Gasteiger partial charge on any atom is -0.376 e. The molecule has 3 nitrogen and oxygen atoms in total. The van der Waals surface area contributed by atoms with Crippen LogP contribution in [0.2, 0.25) is 0 Å². The van der Waals surface area contributed by atoms with E-state index < -0.39 is 0 Å². The number of aryl methyl sites for hydroxylation is 1. The number of amides is 1. The van der Waals surface area contributed by atoms with Gasteiger partial charge >= 0.3 is 0 Å². The summed E-state index contributed by atoms with van der Waals surface area (Å²) in [7, 11) is 0. The molecular formula is C16H17FN2O. The third kappa shape index (κ3) is 4.39. The van der Waals surface area contributed by atoms with Gasteiger partial charge in [-0.15, -0.1) is 0 Å². The Kier molecular flexibility index (Phi) is 4.71. The van der Waals surface area contributed by atoms with Gasteiger partial charge in [0.1, 0.15) is 5.82 Å². The predicted octanol–water partition coefficient (Wildman–Crippen LogP) is 2.86. The molecule has 20 heavy (non-hydrogen) atoms. The molecule has 0 saturated heterocycles. The molecule has 0 aliphatic carbocycles. The number of anilines is 1. The van der Waals surface area contributed by atoms with Crippen molar-refractivity contribution >= 4 is 11.6 Å². The molecule has 0 fully saturated rings. The van der Waals surface area contributed by atoms with E-state index in [0.29, 0.717) is 12.2 Å². The van der Waals surface area contributed by atoms with Crippen LogP contribution in [0.3, 0.4) is 0 Å². The highest BCUT2D eigenvalue weighted by molar-refractivity contribution is 5.80. The normalized spacial score (nSPS) is 10.1. The molecule has 0 heterocycles. The minimum atomic E-state index is -0.324. The van der Waals surface area contributed by atoms with Crippen molar-refractivity contribution in [2.45, 2.75) is 13.5 Å². The first kappa shape index (κ1) is 14.1. The van der Waals surface area contributed by atoms with Gasteiger partial charge in [0.15, 0.2) is 0 Å². The molecule has 2 rings (SSSR count). The van der Waals surface area contributed by atoms with Crippen LogP contribution in [-0.2, 0) is 11.3 Å². The maximum Gasteiger partial charge on any atom is 0.239 e. The van der Waals surface area contributed by atoms with Gasteiger partial charge in [-0.25, -0.2) is 4.39 Å². The average molecular weight is 272 g/mol. The van der Waals surface area contributed by atoms with Crippen LogP contribution in [0.5, 0.6) is 0 Å². The summed E-state index contributed by atoms with van der Waals surface area (Å²) in [5.74, 6) is -0.454. The van der Waals surface area contributed by atoms with Crippen LogP contribution in [0.15, 0.2) is 48.5 Å². The van der Waals surface area contributed by atoms with Gasteiger partial charge in [-0.3, -0.25) is 4.79 Å². The quantitative estimate of drug-likeness (QED) is 0.878. The van der Waals surface area contributed by atoms with Gasteiger partial charge < -0.3 is 10.6 Å². The van der Waals surface area contributed by atoms with Gasteiger partial charge in [0.05, 0.1) is 6.54 Å². The molecular weight excluding hydrogens is 255 g/mol. The van der Waals surface area contributed by atoms with Crippen molar-refractivity contribution in [3.05, 3.63) is 65.5 Å². The molecule has 0 atom stereocenters. The molecule has 0 bridgehead atoms. The first-order valence-electron chi connectivity index (χ1n) is 6.45. The molecule has 2 aromatic carbocycles. The Bertz CT molecular complexity index is 581. The number of halogens is 1. The molecule has 4 heteroatoms. The van der Waals surface area contributed by atoms with E-state index in [4.69, 9.17) is 0 Å². The fourth-order valence-electron chi connectivity index (χ4n) is 1.75. The lowest BCUT2D eigenvalue weighted by molar-refractivity contribution is -0.119. The van der Waals surface area contributed by atoms with Gasteiger partial charge in [-0.1, -0.05) is 35.9 Å². The highest BCUT2D eigenvalue weighted by atomic mass is 19.1. The fraction of sp³-hybridized carbons (Fsp3) is 0.188. The molecule has 0 unspecified atom stereocenters. The van der Waals surface area contributed by atoms with Gasteiger partial charge in [0.25, 0.3) is 0 Å². The number of rotatable bonds is 5. The molecule has 104 valence electrons. The number of carbonyl (C=O) groups is 1. The van der Waals surface area contributed by atoms with E-state index in [0.717, 1.165) is 5.56 Å². The monoisotopic (exact) mass is 272 g/mol. The molecule has 1 amide bonds. The maximum absolute atomic E-state index is 13.0. The molecule has 0 aliphatic rings. The smallest absolute Gasteiger partial charge is 0.239 e. The summed E-state index contributed by atoms with van der Waals surface area (Å²) in [6.07, 6.45) is 0. The molecule has 0 saturated carbocycles. The number of hydrogen-bond donors (Lipinski definition) is 2. The highest BCUT2D eigenvalue weighted by Gasteiger charge is 2.02. The highest BCUT2D eigenvalue weighted by Crippen LogP contribution is 2.08. The first-order valence-corrected chi connectivity index (χ1v) is 6.45. The summed E-state index contributed by atoms with van der Waals surface area (Å²) in [6.45, 7) is 2.63. The van der Waals surface area contributed by atoms with Crippen LogP contribution in [-0.4, -0.2) is 12.5 Å². The number of benzene rings is 2. The Balaban J connectivity index is 1.77. The zero-order valence-corrected chi connectivity index (χ0v) is 11.3. The Morgan fingerprint density at radius 1 is 1.15 bits per heavy atom. The van der Waals surface area contributed by atoms with Crippen LogP contribution in [0.1, 0.15) is 11.1 Å². The largest absolute Gasteiger partial charge is 0.376 e.